The van der Waals surface area contributed by atoms with Gasteiger partial charge in [0.15, 0.2) is 0 Å². The highest BCUT2D eigenvalue weighted by atomic mass is 79.9. The van der Waals surface area contributed by atoms with E-state index < -0.39 is 17.8 Å². The van der Waals surface area contributed by atoms with Crippen LogP contribution in [0.2, 0.25) is 0 Å². The van der Waals surface area contributed by atoms with E-state index in [4.69, 9.17) is 4.74 Å². The van der Waals surface area contributed by atoms with Crippen LogP contribution in [-0.2, 0) is 9.59 Å². The smallest absolute Gasteiger partial charge is 0.335 e. The topological polar surface area (TPSA) is 75.7 Å². The predicted octanol–water partition coefficient (Wildman–Crippen LogP) is 3.89. The average molecular weight is 480 g/mol. The fourth-order valence-corrected chi connectivity index (χ4v) is 3.10. The number of imide groups is 2. The van der Waals surface area contributed by atoms with Crippen molar-refractivity contribution >= 4 is 61.5 Å². The second kappa shape index (κ2) is 7.43. The molecule has 1 aliphatic rings. The van der Waals surface area contributed by atoms with Gasteiger partial charge in [0.05, 0.1) is 12.8 Å². The summed E-state index contributed by atoms with van der Waals surface area (Å²) in [5.41, 5.74) is 0.727. The highest BCUT2D eigenvalue weighted by Crippen LogP contribution is 2.28. The lowest BCUT2D eigenvalue weighted by Crippen LogP contribution is -2.54. The number of carbonyl (C=O) groups excluding carboxylic acids is 3. The summed E-state index contributed by atoms with van der Waals surface area (Å²) < 4.78 is 6.83. The minimum Gasteiger partial charge on any atom is -0.496 e. The summed E-state index contributed by atoms with van der Waals surface area (Å²) in [7, 11) is 1.49. The van der Waals surface area contributed by atoms with E-state index in [1.165, 1.54) is 13.2 Å². The minimum absolute atomic E-state index is 0.163. The molecule has 1 N–H and O–H groups in total. The van der Waals surface area contributed by atoms with Gasteiger partial charge in [-0.25, -0.2) is 9.69 Å². The predicted molar refractivity (Wildman–Crippen MR) is 104 cm³/mol. The second-order valence-electron chi connectivity index (χ2n) is 5.32. The largest absolute Gasteiger partial charge is 0.496 e. The molecule has 0 atom stereocenters. The van der Waals surface area contributed by atoms with Crippen LogP contribution in [-0.4, -0.2) is 25.0 Å². The number of nitrogens with zero attached hydrogens (tertiary/aromatic N) is 1. The Bertz CT molecular complexity index is 939. The monoisotopic (exact) mass is 478 g/mol. The van der Waals surface area contributed by atoms with Gasteiger partial charge in [0.25, 0.3) is 11.8 Å². The van der Waals surface area contributed by atoms with Crippen LogP contribution in [0.25, 0.3) is 6.08 Å². The van der Waals surface area contributed by atoms with Crippen LogP contribution in [0, 0.1) is 0 Å². The minimum atomic E-state index is -0.791. The van der Waals surface area contributed by atoms with Gasteiger partial charge in [0.2, 0.25) is 0 Å². The molecular formula is C18H12Br2N2O4. The van der Waals surface area contributed by atoms with Crippen molar-refractivity contribution in [1.82, 2.24) is 5.32 Å². The van der Waals surface area contributed by atoms with Crippen LogP contribution < -0.4 is 15.0 Å². The van der Waals surface area contributed by atoms with Gasteiger partial charge in [0.1, 0.15) is 11.3 Å². The molecule has 1 fully saturated rings. The molecule has 8 heteroatoms. The van der Waals surface area contributed by atoms with Crippen molar-refractivity contribution in [3.05, 3.63) is 62.5 Å². The quantitative estimate of drug-likeness (QED) is 0.535. The molecule has 0 spiro atoms. The highest BCUT2D eigenvalue weighted by molar-refractivity contribution is 9.10. The Morgan fingerprint density at radius 2 is 1.65 bits per heavy atom. The van der Waals surface area contributed by atoms with Crippen molar-refractivity contribution in [2.45, 2.75) is 0 Å². The summed E-state index contributed by atoms with van der Waals surface area (Å²) in [6.07, 6.45) is 1.40. The number of carbonyl (C=O) groups is 3. The Balaban J connectivity index is 2.06. The maximum atomic E-state index is 12.8. The van der Waals surface area contributed by atoms with E-state index in [1.807, 2.05) is 0 Å². The first-order valence-corrected chi connectivity index (χ1v) is 9.00. The summed E-state index contributed by atoms with van der Waals surface area (Å²) in [4.78, 5) is 38.2. The first kappa shape index (κ1) is 18.3. The van der Waals surface area contributed by atoms with Crippen molar-refractivity contribution in [3.8, 4) is 5.75 Å². The van der Waals surface area contributed by atoms with E-state index in [2.05, 4.69) is 37.2 Å². The molecule has 26 heavy (non-hydrogen) atoms. The van der Waals surface area contributed by atoms with Gasteiger partial charge in [-0.15, -0.1) is 0 Å². The SMILES string of the molecule is COc1ccc(Br)cc1/C=C1\C(=O)NC(=O)N(c2ccc(Br)cc2)C1=O. The van der Waals surface area contributed by atoms with Crippen LogP contribution in [0.3, 0.4) is 0 Å². The van der Waals surface area contributed by atoms with Gasteiger partial charge < -0.3 is 4.74 Å². The third-order valence-electron chi connectivity index (χ3n) is 3.68. The summed E-state index contributed by atoms with van der Waals surface area (Å²) in [5.74, 6) is -0.966. The Hall–Kier alpha value is -2.45. The van der Waals surface area contributed by atoms with Crippen LogP contribution in [0.15, 0.2) is 57.0 Å². The van der Waals surface area contributed by atoms with Crippen LogP contribution in [0.5, 0.6) is 5.75 Å². The van der Waals surface area contributed by atoms with Crippen molar-refractivity contribution in [2.75, 3.05) is 12.0 Å². The third-order valence-corrected chi connectivity index (χ3v) is 4.70. The van der Waals surface area contributed by atoms with Crippen molar-refractivity contribution in [3.63, 3.8) is 0 Å². The number of nitrogens with one attached hydrogen (secondary N) is 1. The van der Waals surface area contributed by atoms with Gasteiger partial charge in [-0.05, 0) is 48.5 Å². The molecule has 6 nitrogen and oxygen atoms in total. The molecule has 2 aromatic rings. The normalized spacial score (nSPS) is 16.0. The summed E-state index contributed by atoms with van der Waals surface area (Å²) >= 11 is 6.65. The van der Waals surface area contributed by atoms with Crippen molar-refractivity contribution in [2.24, 2.45) is 0 Å². The summed E-state index contributed by atoms with van der Waals surface area (Å²) in [6.45, 7) is 0. The molecular weight excluding hydrogens is 468 g/mol. The first-order valence-electron chi connectivity index (χ1n) is 7.41. The number of hydrogen-bond acceptors (Lipinski definition) is 4. The van der Waals surface area contributed by atoms with E-state index in [-0.39, 0.29) is 5.57 Å². The first-order chi connectivity index (χ1) is 12.4. The van der Waals surface area contributed by atoms with Crippen molar-refractivity contribution < 1.29 is 19.1 Å². The summed E-state index contributed by atoms with van der Waals surface area (Å²) in [6, 6.07) is 11.0. The third kappa shape index (κ3) is 3.56. The van der Waals surface area contributed by atoms with E-state index in [0.717, 1.165) is 13.8 Å². The Morgan fingerprint density at radius 3 is 2.31 bits per heavy atom. The molecule has 0 bridgehead atoms. The average Bonchev–Trinajstić information content (AvgIpc) is 2.60. The molecule has 0 saturated carbocycles. The van der Waals surface area contributed by atoms with E-state index in [9.17, 15) is 14.4 Å². The number of rotatable bonds is 3. The molecule has 132 valence electrons. The van der Waals surface area contributed by atoms with Crippen molar-refractivity contribution in [1.29, 1.82) is 0 Å². The zero-order valence-electron chi connectivity index (χ0n) is 13.5. The van der Waals surface area contributed by atoms with Gasteiger partial charge >= 0.3 is 6.03 Å². The molecule has 3 rings (SSSR count). The number of halogens is 2. The van der Waals surface area contributed by atoms with Crippen LogP contribution in [0.1, 0.15) is 5.56 Å². The maximum Gasteiger partial charge on any atom is 0.335 e. The Kier molecular flexibility index (Phi) is 5.24. The summed E-state index contributed by atoms with van der Waals surface area (Å²) in [5, 5.41) is 2.19. The molecule has 1 saturated heterocycles. The highest BCUT2D eigenvalue weighted by Gasteiger charge is 2.36. The Labute approximate surface area is 166 Å². The maximum absolute atomic E-state index is 12.8. The zero-order chi connectivity index (χ0) is 18.8. The molecule has 1 aliphatic heterocycles. The lowest BCUT2D eigenvalue weighted by Gasteiger charge is -2.26. The van der Waals surface area contributed by atoms with E-state index >= 15 is 0 Å². The lowest BCUT2D eigenvalue weighted by atomic mass is 10.1. The van der Waals surface area contributed by atoms with Gasteiger partial charge in [-0.1, -0.05) is 31.9 Å². The number of anilines is 1. The number of urea groups is 1. The lowest BCUT2D eigenvalue weighted by molar-refractivity contribution is -0.122. The van der Waals surface area contributed by atoms with Crippen LogP contribution in [0.4, 0.5) is 10.5 Å². The fourth-order valence-electron chi connectivity index (χ4n) is 2.46. The molecule has 2 aromatic carbocycles. The molecule has 1 heterocycles. The van der Waals surface area contributed by atoms with Gasteiger partial charge in [-0.3, -0.25) is 14.9 Å². The zero-order valence-corrected chi connectivity index (χ0v) is 16.6. The molecule has 0 aliphatic carbocycles. The molecule has 0 aromatic heterocycles. The number of methoxy groups -OCH3 is 1. The number of amides is 4. The second-order valence-corrected chi connectivity index (χ2v) is 7.15. The van der Waals surface area contributed by atoms with Gasteiger partial charge in [0, 0.05) is 14.5 Å². The Morgan fingerprint density at radius 1 is 1.00 bits per heavy atom. The number of barbiturate groups is 1. The number of hydrogen-bond donors (Lipinski definition) is 1. The van der Waals surface area contributed by atoms with E-state index in [1.54, 1.807) is 42.5 Å². The van der Waals surface area contributed by atoms with E-state index in [0.29, 0.717) is 17.0 Å². The number of ether oxygens (including phenoxy) is 1. The van der Waals surface area contributed by atoms with Gasteiger partial charge in [-0.2, -0.15) is 0 Å². The number of benzene rings is 2. The molecule has 4 amide bonds. The molecule has 0 unspecified atom stereocenters. The standard InChI is InChI=1S/C18H12Br2N2O4/c1-26-15-7-4-12(20)8-10(15)9-14-16(23)21-18(25)22(17(14)24)13-5-2-11(19)3-6-13/h2-9H,1H3,(H,21,23,25)/b14-9+. The van der Waals surface area contributed by atoms with Crippen LogP contribution >= 0.6 is 31.9 Å². The fraction of sp³-hybridized carbons (Fsp3) is 0.0556. The molecule has 0 radical (unpaired) electrons.